The molecule has 39 heavy (non-hydrogen) atoms. The van der Waals surface area contributed by atoms with Gasteiger partial charge in [0.15, 0.2) is 0 Å². The van der Waals surface area contributed by atoms with Gasteiger partial charge in [0, 0.05) is 6.04 Å². The molecule has 0 atom stereocenters. The molecule has 0 amide bonds. The fourth-order valence-electron chi connectivity index (χ4n) is 4.54. The number of hydrogen-bond donors (Lipinski definition) is 0. The van der Waals surface area contributed by atoms with Crippen LogP contribution < -0.4 is 31.8 Å². The van der Waals surface area contributed by atoms with Crippen LogP contribution in [0, 0.1) is 0 Å². The molecule has 0 aliphatic rings. The molecule has 0 aromatic heterocycles. The fourth-order valence-corrected chi connectivity index (χ4v) is 10.6. The first-order chi connectivity index (χ1) is 19.3. The molecule has 0 heterocycles. The molecule has 0 N–H and O–H groups in total. The normalized spacial score (nSPS) is 10.9. The van der Waals surface area contributed by atoms with Gasteiger partial charge in [0.1, 0.15) is 0 Å². The summed E-state index contributed by atoms with van der Waals surface area (Å²) in [6.07, 6.45) is 0. The van der Waals surface area contributed by atoms with Gasteiger partial charge < -0.3 is 0 Å². The Labute approximate surface area is 238 Å². The first-order valence-corrected chi connectivity index (χ1v) is 17.1. The highest BCUT2D eigenvalue weighted by Crippen LogP contribution is 2.42. The van der Waals surface area contributed by atoms with Gasteiger partial charge in [-0.2, -0.15) is 0 Å². The van der Waals surface area contributed by atoms with Crippen LogP contribution in [-0.4, -0.2) is 0 Å². The molecule has 0 radical (unpaired) electrons. The van der Waals surface area contributed by atoms with Gasteiger partial charge in [0.05, 0.1) is 0 Å². The summed E-state index contributed by atoms with van der Waals surface area (Å²) in [5, 5.41) is 7.92. The molecule has 0 unspecified atom stereocenters. The van der Waals surface area contributed by atoms with Crippen LogP contribution in [0.15, 0.2) is 182 Å². The Bertz CT molecular complexity index is 1390. The van der Waals surface area contributed by atoms with E-state index in [2.05, 4.69) is 164 Å². The first kappa shape index (κ1) is 27.0. The zero-order chi connectivity index (χ0) is 26.8. The molecule has 0 saturated heterocycles. The van der Waals surface area contributed by atoms with E-state index in [4.69, 9.17) is 11.8 Å². The smallest absolute Gasteiger partial charge is 0.0379 e. The Balaban J connectivity index is 0.000000158. The lowest BCUT2D eigenvalue weighted by atomic mass is 10.4. The average molecular weight is 557 g/mol. The lowest BCUT2D eigenvalue weighted by Gasteiger charge is -2.23. The van der Waals surface area contributed by atoms with E-state index in [1.165, 1.54) is 31.8 Å². The molecule has 0 bridgehead atoms. The Kier molecular flexibility index (Phi) is 9.31. The molecule has 0 fully saturated rings. The van der Waals surface area contributed by atoms with E-state index in [0.717, 1.165) is 0 Å². The highest BCUT2D eigenvalue weighted by molar-refractivity contribution is 8.25. The standard InChI is InChI=1S/C18H15PS.C18H15P/c20-19(16-10-4-1-5-11-16,17-12-6-2-7-13-17)18-14-8-3-9-15-18;1-4-10-16(11-5-1)19(17-12-6-2-7-13-17)18-14-8-3-9-15-18/h1-15H;1-15H. The lowest BCUT2D eigenvalue weighted by Crippen LogP contribution is -2.24. The van der Waals surface area contributed by atoms with Gasteiger partial charge in [-0.15, -0.1) is 0 Å². The summed E-state index contributed by atoms with van der Waals surface area (Å²) in [7, 11) is -0.446. The third-order valence-electron chi connectivity index (χ3n) is 6.40. The van der Waals surface area contributed by atoms with Gasteiger partial charge in [-0.1, -0.05) is 194 Å². The molecular weight excluding hydrogens is 526 g/mol. The Morgan fingerprint density at radius 2 is 0.513 bits per heavy atom. The zero-order valence-electron chi connectivity index (χ0n) is 21.6. The van der Waals surface area contributed by atoms with Crippen molar-refractivity contribution in [3.63, 3.8) is 0 Å². The predicted molar refractivity (Wildman–Crippen MR) is 178 cm³/mol. The van der Waals surface area contributed by atoms with Crippen LogP contribution in [0.3, 0.4) is 0 Å². The van der Waals surface area contributed by atoms with Gasteiger partial charge in [0.2, 0.25) is 0 Å². The van der Waals surface area contributed by atoms with E-state index in [-0.39, 0.29) is 0 Å². The van der Waals surface area contributed by atoms with Crippen molar-refractivity contribution in [1.82, 2.24) is 0 Å². The minimum Gasteiger partial charge on any atom is -0.0826 e. The van der Waals surface area contributed by atoms with Crippen molar-refractivity contribution in [2.45, 2.75) is 0 Å². The van der Waals surface area contributed by atoms with E-state index in [0.29, 0.717) is 0 Å². The summed E-state index contributed by atoms with van der Waals surface area (Å²) < 4.78 is 0. The Morgan fingerprint density at radius 3 is 0.744 bits per heavy atom. The Morgan fingerprint density at radius 1 is 0.308 bits per heavy atom. The van der Waals surface area contributed by atoms with E-state index >= 15 is 0 Å². The minimum atomic E-state index is -1.94. The minimum absolute atomic E-state index is 0.446. The van der Waals surface area contributed by atoms with E-state index in [1.54, 1.807) is 0 Å². The third-order valence-corrected chi connectivity index (χ3v) is 13.8. The highest BCUT2D eigenvalue weighted by atomic mass is 32.4. The summed E-state index contributed by atoms with van der Waals surface area (Å²) in [4.78, 5) is 0. The topological polar surface area (TPSA) is 0 Å². The number of hydrogen-bond acceptors (Lipinski definition) is 1. The fraction of sp³-hybridized carbons (Fsp3) is 0. The van der Waals surface area contributed by atoms with Crippen LogP contribution in [-0.2, 0) is 11.8 Å². The Hall–Kier alpha value is -3.60. The van der Waals surface area contributed by atoms with Crippen molar-refractivity contribution in [2.75, 3.05) is 0 Å². The van der Waals surface area contributed by atoms with Crippen LogP contribution in [0.5, 0.6) is 0 Å². The quantitative estimate of drug-likeness (QED) is 0.202. The van der Waals surface area contributed by atoms with Gasteiger partial charge >= 0.3 is 0 Å². The molecule has 0 nitrogen and oxygen atoms in total. The second kappa shape index (κ2) is 13.5. The molecule has 6 aromatic carbocycles. The van der Waals surface area contributed by atoms with E-state index in [9.17, 15) is 0 Å². The van der Waals surface area contributed by atoms with Crippen LogP contribution in [0.4, 0.5) is 0 Å². The molecule has 6 aromatic rings. The second-order valence-corrected chi connectivity index (χ2v) is 15.6. The van der Waals surface area contributed by atoms with Crippen molar-refractivity contribution in [2.24, 2.45) is 0 Å². The van der Waals surface area contributed by atoms with Crippen molar-refractivity contribution >= 4 is 57.6 Å². The number of rotatable bonds is 6. The van der Waals surface area contributed by atoms with E-state index < -0.39 is 14.0 Å². The van der Waals surface area contributed by atoms with Crippen molar-refractivity contribution in [3.8, 4) is 0 Å². The maximum absolute atomic E-state index is 6.21. The monoisotopic (exact) mass is 556 g/mol. The predicted octanol–water partition coefficient (Wildman–Crippen LogP) is 6.89. The molecule has 6 rings (SSSR count). The summed E-state index contributed by atoms with van der Waals surface area (Å²) >= 11 is 6.21. The molecule has 190 valence electrons. The summed E-state index contributed by atoms with van der Waals surface area (Å²) in [6, 6.07) is 61.9. The maximum Gasteiger partial charge on any atom is 0.0379 e. The molecular formula is C36H30P2S. The molecule has 0 saturated carbocycles. The van der Waals surface area contributed by atoms with Crippen LogP contribution >= 0.6 is 14.0 Å². The molecule has 3 heteroatoms. The summed E-state index contributed by atoms with van der Waals surface area (Å²) in [5.74, 6) is 0. The molecule has 0 aliphatic carbocycles. The summed E-state index contributed by atoms with van der Waals surface area (Å²) in [6.45, 7) is 0. The number of benzene rings is 6. The van der Waals surface area contributed by atoms with Crippen LogP contribution in [0.1, 0.15) is 0 Å². The van der Waals surface area contributed by atoms with Crippen molar-refractivity contribution in [3.05, 3.63) is 182 Å². The van der Waals surface area contributed by atoms with Crippen molar-refractivity contribution < 1.29 is 0 Å². The largest absolute Gasteiger partial charge is 0.0826 e. The van der Waals surface area contributed by atoms with Crippen molar-refractivity contribution in [1.29, 1.82) is 0 Å². The average Bonchev–Trinajstić information content (AvgIpc) is 3.04. The van der Waals surface area contributed by atoms with Gasteiger partial charge in [-0.3, -0.25) is 0 Å². The second-order valence-electron chi connectivity index (χ2n) is 8.96. The first-order valence-electron chi connectivity index (χ1n) is 13.0. The maximum atomic E-state index is 6.21. The highest BCUT2D eigenvalue weighted by Gasteiger charge is 2.23. The zero-order valence-corrected chi connectivity index (χ0v) is 24.2. The molecule has 0 spiro atoms. The third kappa shape index (κ3) is 6.52. The lowest BCUT2D eigenvalue weighted by molar-refractivity contribution is 1.73. The van der Waals surface area contributed by atoms with Gasteiger partial charge in [0.25, 0.3) is 0 Å². The van der Waals surface area contributed by atoms with Gasteiger partial charge in [-0.05, 0) is 39.7 Å². The van der Waals surface area contributed by atoms with Gasteiger partial charge in [-0.25, -0.2) is 0 Å². The van der Waals surface area contributed by atoms with E-state index in [1.807, 2.05) is 18.2 Å². The van der Waals surface area contributed by atoms with Crippen LogP contribution in [0.2, 0.25) is 0 Å². The SMILES string of the molecule is S=P(c1ccccc1)(c1ccccc1)c1ccccc1.c1ccc(P(c2ccccc2)c2ccccc2)cc1. The van der Waals surface area contributed by atoms with Crippen LogP contribution in [0.25, 0.3) is 0 Å². The molecule has 0 aliphatic heterocycles. The summed E-state index contributed by atoms with van der Waals surface area (Å²) in [5.41, 5.74) is 0.